The number of ether oxygens (including phenoxy) is 1. The van der Waals surface area contributed by atoms with Crippen LogP contribution in [0.25, 0.3) is 10.9 Å². The van der Waals surface area contributed by atoms with E-state index >= 15 is 0 Å². The Bertz CT molecular complexity index is 1190. The van der Waals surface area contributed by atoms with Crippen LogP contribution < -0.4 is 15.2 Å². The van der Waals surface area contributed by atoms with Gasteiger partial charge in [0, 0.05) is 25.2 Å². The average molecular weight is 408 g/mol. The van der Waals surface area contributed by atoms with Crippen molar-refractivity contribution in [3.05, 3.63) is 64.4 Å². The van der Waals surface area contributed by atoms with Gasteiger partial charge in [0.25, 0.3) is 11.5 Å². The maximum Gasteiger partial charge on any atom is 0.316 e. The molecule has 1 aromatic heterocycles. The number of hydrogen-bond donors (Lipinski definition) is 1. The molecule has 0 bridgehead atoms. The Kier molecular flexibility index (Phi) is 5.39. The zero-order valence-electron chi connectivity index (χ0n) is 17.6. The van der Waals surface area contributed by atoms with Crippen LogP contribution in [-0.2, 0) is 11.8 Å². The number of amides is 1. The molecule has 0 fully saturated rings. The summed E-state index contributed by atoms with van der Waals surface area (Å²) in [6.45, 7) is 5.27. The van der Waals surface area contributed by atoms with Gasteiger partial charge in [-0.1, -0.05) is 12.1 Å². The Morgan fingerprint density at radius 3 is 2.23 bits per heavy atom. The molecule has 0 atom stereocenters. The number of benzene rings is 2. The maximum atomic E-state index is 13.0. The van der Waals surface area contributed by atoms with E-state index in [1.54, 1.807) is 76.3 Å². The molecular formula is C23H24N2O5. The van der Waals surface area contributed by atoms with Crippen molar-refractivity contribution >= 4 is 28.5 Å². The van der Waals surface area contributed by atoms with Crippen molar-refractivity contribution in [2.24, 2.45) is 12.5 Å². The van der Waals surface area contributed by atoms with Gasteiger partial charge in [0.1, 0.15) is 17.1 Å². The molecule has 7 heteroatoms. The van der Waals surface area contributed by atoms with Crippen LogP contribution in [0.2, 0.25) is 0 Å². The first-order chi connectivity index (χ1) is 14.0. The minimum atomic E-state index is -0.640. The van der Waals surface area contributed by atoms with Gasteiger partial charge in [-0.05, 0) is 57.2 Å². The number of hydrogen-bond acceptors (Lipinski definition) is 5. The van der Waals surface area contributed by atoms with Gasteiger partial charge in [-0.2, -0.15) is 0 Å². The fourth-order valence-electron chi connectivity index (χ4n) is 2.96. The standard InChI is InChI=1S/C23H24N2O5/c1-23(2,3)22(29)30-15-12-10-14(11-13-15)24(4)20(27)18-19(26)16-8-6-7-9-17(16)25(5)21(18)28/h6-13,26H,1-5H3. The number of pyridine rings is 1. The summed E-state index contributed by atoms with van der Waals surface area (Å²) >= 11 is 0. The summed E-state index contributed by atoms with van der Waals surface area (Å²) in [7, 11) is 3.06. The van der Waals surface area contributed by atoms with Gasteiger partial charge in [-0.25, -0.2) is 0 Å². The summed E-state index contributed by atoms with van der Waals surface area (Å²) in [5, 5.41) is 11.0. The molecule has 7 nitrogen and oxygen atoms in total. The van der Waals surface area contributed by atoms with Crippen molar-refractivity contribution in [2.45, 2.75) is 20.8 Å². The van der Waals surface area contributed by atoms with E-state index < -0.39 is 16.9 Å². The second-order valence-corrected chi connectivity index (χ2v) is 8.10. The summed E-state index contributed by atoms with van der Waals surface area (Å²) in [6, 6.07) is 13.2. The van der Waals surface area contributed by atoms with Gasteiger partial charge in [0.2, 0.25) is 0 Å². The summed E-state index contributed by atoms with van der Waals surface area (Å²) in [5.74, 6) is -1.01. The lowest BCUT2D eigenvalue weighted by Gasteiger charge is -2.20. The zero-order valence-corrected chi connectivity index (χ0v) is 17.6. The number of carbonyl (C=O) groups is 2. The first-order valence-electron chi connectivity index (χ1n) is 9.43. The molecule has 1 N–H and O–H groups in total. The summed E-state index contributed by atoms with van der Waals surface area (Å²) in [6.07, 6.45) is 0. The van der Waals surface area contributed by atoms with Crippen molar-refractivity contribution < 1.29 is 19.4 Å². The number of carbonyl (C=O) groups excluding carboxylic acids is 2. The smallest absolute Gasteiger partial charge is 0.316 e. The van der Waals surface area contributed by atoms with E-state index in [4.69, 9.17) is 4.74 Å². The lowest BCUT2D eigenvalue weighted by atomic mass is 9.97. The number of aryl methyl sites for hydroxylation is 1. The van der Waals surface area contributed by atoms with E-state index in [1.807, 2.05) is 0 Å². The van der Waals surface area contributed by atoms with Crippen LogP contribution >= 0.6 is 0 Å². The van der Waals surface area contributed by atoms with Crippen molar-refractivity contribution in [1.29, 1.82) is 0 Å². The average Bonchev–Trinajstić information content (AvgIpc) is 2.71. The molecule has 30 heavy (non-hydrogen) atoms. The molecule has 0 saturated heterocycles. The van der Waals surface area contributed by atoms with Crippen molar-refractivity contribution in [1.82, 2.24) is 4.57 Å². The van der Waals surface area contributed by atoms with E-state index in [-0.39, 0.29) is 17.3 Å². The van der Waals surface area contributed by atoms with Gasteiger partial charge in [0.15, 0.2) is 0 Å². The molecule has 3 rings (SSSR count). The minimum absolute atomic E-state index is 0.304. The van der Waals surface area contributed by atoms with Crippen molar-refractivity contribution in [3.8, 4) is 11.5 Å². The Morgan fingerprint density at radius 2 is 1.63 bits per heavy atom. The molecule has 2 aromatic carbocycles. The zero-order chi connectivity index (χ0) is 22.2. The molecule has 0 saturated carbocycles. The number of anilines is 1. The van der Waals surface area contributed by atoms with Crippen molar-refractivity contribution in [3.63, 3.8) is 0 Å². The highest BCUT2D eigenvalue weighted by Gasteiger charge is 2.26. The molecular weight excluding hydrogens is 384 g/mol. The van der Waals surface area contributed by atoms with Crippen LogP contribution in [0, 0.1) is 5.41 Å². The fraction of sp³-hybridized carbons (Fsp3) is 0.261. The molecule has 0 aliphatic heterocycles. The van der Waals surface area contributed by atoms with E-state index in [2.05, 4.69) is 0 Å². The molecule has 3 aromatic rings. The Hall–Kier alpha value is -3.61. The van der Waals surface area contributed by atoms with Crippen LogP contribution in [0.5, 0.6) is 11.5 Å². The van der Waals surface area contributed by atoms with Crippen LogP contribution in [0.3, 0.4) is 0 Å². The second-order valence-electron chi connectivity index (χ2n) is 8.10. The first kappa shape index (κ1) is 21.1. The predicted octanol–water partition coefficient (Wildman–Crippen LogP) is 3.47. The molecule has 156 valence electrons. The predicted molar refractivity (Wildman–Crippen MR) is 115 cm³/mol. The van der Waals surface area contributed by atoms with E-state index in [0.717, 1.165) is 0 Å². The Morgan fingerprint density at radius 1 is 1.03 bits per heavy atom. The largest absolute Gasteiger partial charge is 0.506 e. The molecule has 1 heterocycles. The fourth-order valence-corrected chi connectivity index (χ4v) is 2.96. The molecule has 0 spiro atoms. The highest BCUT2D eigenvalue weighted by Crippen LogP contribution is 2.28. The lowest BCUT2D eigenvalue weighted by molar-refractivity contribution is -0.143. The van der Waals surface area contributed by atoms with Gasteiger partial charge in [-0.15, -0.1) is 0 Å². The van der Waals surface area contributed by atoms with E-state index in [1.165, 1.54) is 16.5 Å². The third-order valence-electron chi connectivity index (χ3n) is 4.84. The van der Waals surface area contributed by atoms with Crippen LogP contribution in [-0.4, -0.2) is 28.6 Å². The molecule has 0 radical (unpaired) electrons. The van der Waals surface area contributed by atoms with Gasteiger partial charge < -0.3 is 19.3 Å². The lowest BCUT2D eigenvalue weighted by Crippen LogP contribution is -2.34. The van der Waals surface area contributed by atoms with E-state index in [0.29, 0.717) is 22.3 Å². The summed E-state index contributed by atoms with van der Waals surface area (Å²) in [5.41, 5.74) is -0.519. The molecule has 1 amide bonds. The monoisotopic (exact) mass is 408 g/mol. The number of aromatic nitrogens is 1. The van der Waals surface area contributed by atoms with E-state index in [9.17, 15) is 19.5 Å². The highest BCUT2D eigenvalue weighted by atomic mass is 16.5. The second kappa shape index (κ2) is 7.67. The third-order valence-corrected chi connectivity index (χ3v) is 4.84. The molecule has 0 unspecified atom stereocenters. The normalized spacial score (nSPS) is 11.4. The van der Waals surface area contributed by atoms with Gasteiger partial charge in [0.05, 0.1) is 10.9 Å². The summed E-state index contributed by atoms with van der Waals surface area (Å²) < 4.78 is 6.66. The number of fused-ring (bicyclic) bond motifs is 1. The number of para-hydroxylation sites is 1. The third kappa shape index (κ3) is 3.78. The SMILES string of the molecule is CN(C(=O)c1c(O)c2ccccc2n(C)c1=O)c1ccc(OC(=O)C(C)(C)C)cc1. The molecule has 0 aliphatic carbocycles. The van der Waals surface area contributed by atoms with Crippen LogP contribution in [0.1, 0.15) is 31.1 Å². The number of nitrogens with zero attached hydrogens (tertiary/aromatic N) is 2. The van der Waals surface area contributed by atoms with Gasteiger partial charge >= 0.3 is 5.97 Å². The maximum absolute atomic E-state index is 13.0. The Balaban J connectivity index is 1.93. The minimum Gasteiger partial charge on any atom is -0.506 e. The molecule has 0 aliphatic rings. The number of esters is 1. The summed E-state index contributed by atoms with van der Waals surface area (Å²) in [4.78, 5) is 39.1. The quantitative estimate of drug-likeness (QED) is 0.530. The number of aromatic hydroxyl groups is 1. The van der Waals surface area contributed by atoms with Gasteiger partial charge in [-0.3, -0.25) is 14.4 Å². The van der Waals surface area contributed by atoms with Crippen LogP contribution in [0.4, 0.5) is 5.69 Å². The van der Waals surface area contributed by atoms with Crippen LogP contribution in [0.15, 0.2) is 53.3 Å². The first-order valence-corrected chi connectivity index (χ1v) is 9.43. The number of rotatable bonds is 3. The highest BCUT2D eigenvalue weighted by molar-refractivity contribution is 6.10. The van der Waals surface area contributed by atoms with Crippen molar-refractivity contribution in [2.75, 3.05) is 11.9 Å². The topological polar surface area (TPSA) is 88.8 Å². The Labute approximate surface area is 174 Å².